The lowest BCUT2D eigenvalue weighted by Gasteiger charge is -2.17. The highest BCUT2D eigenvalue weighted by Crippen LogP contribution is 2.36. The summed E-state index contributed by atoms with van der Waals surface area (Å²) in [5.74, 6) is 0.669. The number of benzene rings is 2. The quantitative estimate of drug-likeness (QED) is 0.110. The highest BCUT2D eigenvalue weighted by Gasteiger charge is 2.25. The third-order valence-electron chi connectivity index (χ3n) is 6.21. The summed E-state index contributed by atoms with van der Waals surface area (Å²) in [7, 11) is -1.31. The van der Waals surface area contributed by atoms with E-state index in [-0.39, 0.29) is 18.1 Å². The summed E-state index contributed by atoms with van der Waals surface area (Å²) in [6, 6.07) is 13.8. The number of ether oxygens (including phenoxy) is 2. The number of amides is 1. The minimum atomic E-state index is -1.31. The number of nitrogens with zero attached hydrogens (tertiary/aromatic N) is 3. The number of hydrogen-bond donors (Lipinski definition) is 3. The van der Waals surface area contributed by atoms with Crippen LogP contribution in [0.5, 0.6) is 5.75 Å². The lowest BCUT2D eigenvalue weighted by molar-refractivity contribution is 0.0802. The molecule has 0 radical (unpaired) electrons. The van der Waals surface area contributed by atoms with Gasteiger partial charge in [-0.1, -0.05) is 43.0 Å². The van der Waals surface area contributed by atoms with E-state index >= 15 is 0 Å². The number of primary amides is 1. The molecule has 0 spiro atoms. The largest absolute Gasteiger partial charge is 0.484 e. The molecule has 0 unspecified atom stereocenters. The number of aryl methyl sites for hydroxylation is 1. The fraction of sp³-hybridized carbons (Fsp3) is 0.321. The van der Waals surface area contributed by atoms with E-state index < -0.39 is 20.1 Å². The number of nitrogens with one attached hydrogen (secondary N) is 1. The zero-order valence-electron chi connectivity index (χ0n) is 23.3. The summed E-state index contributed by atoms with van der Waals surface area (Å²) < 4.78 is 32.2. The molecular weight excluding hydrogens is 531 g/mol. The predicted octanol–water partition coefficient (Wildman–Crippen LogP) is 5.86. The molecule has 1 atom stereocenters. The average Bonchev–Trinajstić information content (AvgIpc) is 3.46. The summed E-state index contributed by atoms with van der Waals surface area (Å²) in [5, 5.41) is 11.8. The standard InChI is InChI=1S/C28H35FN6O4Si/c1-17-14-24(34-39-17)32-28-25(27(31)36)26(33-35(28)16-37-12-13-40(3,4)5)20-8-11-22(30)23(15-20)38-18(2)19-6-9-21(29)10-7-19/h6-11,14-15,18H,12-13,16,30H2,1-5H3,(H2,31,36)(H,32,34)/t18-/m0/s1. The number of anilines is 3. The molecule has 12 heteroatoms. The molecule has 0 aliphatic rings. The van der Waals surface area contributed by atoms with Gasteiger partial charge in [-0.3, -0.25) is 4.79 Å². The second-order valence-electron chi connectivity index (χ2n) is 10.8. The fourth-order valence-corrected chi connectivity index (χ4v) is 4.73. The van der Waals surface area contributed by atoms with E-state index in [4.69, 9.17) is 30.6 Å². The first-order chi connectivity index (χ1) is 18.9. The maximum atomic E-state index is 13.4. The molecule has 10 nitrogen and oxygen atoms in total. The Kier molecular flexibility index (Phi) is 8.60. The Bertz CT molecular complexity index is 1480. The van der Waals surface area contributed by atoms with Crippen molar-refractivity contribution < 1.29 is 23.2 Å². The van der Waals surface area contributed by atoms with Crippen LogP contribution in [-0.2, 0) is 11.5 Å². The zero-order chi connectivity index (χ0) is 29.0. The normalized spacial score (nSPS) is 12.3. The molecule has 0 bridgehead atoms. The van der Waals surface area contributed by atoms with E-state index in [1.165, 1.54) is 12.1 Å². The minimum absolute atomic E-state index is 0.0872. The molecular formula is C28H35FN6O4Si. The van der Waals surface area contributed by atoms with Crippen LogP contribution < -0.4 is 21.5 Å². The van der Waals surface area contributed by atoms with Crippen LogP contribution in [0.2, 0.25) is 25.7 Å². The number of carbonyl (C=O) groups is 1. The van der Waals surface area contributed by atoms with Crippen molar-refractivity contribution in [1.82, 2.24) is 14.9 Å². The van der Waals surface area contributed by atoms with Crippen molar-refractivity contribution in [2.24, 2.45) is 5.73 Å². The van der Waals surface area contributed by atoms with Crippen molar-refractivity contribution in [2.45, 2.75) is 52.4 Å². The van der Waals surface area contributed by atoms with Crippen molar-refractivity contribution in [1.29, 1.82) is 0 Å². The molecule has 0 saturated heterocycles. The summed E-state index contributed by atoms with van der Waals surface area (Å²) in [5.41, 5.74) is 14.3. The van der Waals surface area contributed by atoms with Gasteiger partial charge in [-0.2, -0.15) is 5.10 Å². The molecule has 2 aromatic carbocycles. The van der Waals surface area contributed by atoms with Gasteiger partial charge in [0.15, 0.2) is 5.82 Å². The van der Waals surface area contributed by atoms with Crippen molar-refractivity contribution in [3.63, 3.8) is 0 Å². The van der Waals surface area contributed by atoms with E-state index in [2.05, 4.69) is 30.1 Å². The van der Waals surface area contributed by atoms with E-state index in [0.717, 1.165) is 11.6 Å². The molecule has 0 aliphatic heterocycles. The topological polar surface area (TPSA) is 143 Å². The van der Waals surface area contributed by atoms with Gasteiger partial charge in [0.05, 0.1) is 5.69 Å². The second-order valence-corrected chi connectivity index (χ2v) is 16.4. The van der Waals surface area contributed by atoms with Gasteiger partial charge in [0.1, 0.15) is 47.2 Å². The van der Waals surface area contributed by atoms with Crippen LogP contribution in [0.1, 0.15) is 34.7 Å². The van der Waals surface area contributed by atoms with Gasteiger partial charge in [0.2, 0.25) is 0 Å². The monoisotopic (exact) mass is 566 g/mol. The van der Waals surface area contributed by atoms with Crippen LogP contribution in [0, 0.1) is 12.7 Å². The highest BCUT2D eigenvalue weighted by molar-refractivity contribution is 6.76. The second kappa shape index (κ2) is 11.9. The van der Waals surface area contributed by atoms with Crippen molar-refractivity contribution >= 4 is 31.3 Å². The minimum Gasteiger partial charge on any atom is -0.484 e. The Morgan fingerprint density at radius 1 is 1.18 bits per heavy atom. The smallest absolute Gasteiger partial charge is 0.254 e. The number of rotatable bonds is 12. The lowest BCUT2D eigenvalue weighted by atomic mass is 10.1. The number of halogens is 1. The highest BCUT2D eigenvalue weighted by atomic mass is 28.3. The first-order valence-electron chi connectivity index (χ1n) is 12.9. The molecule has 2 heterocycles. The van der Waals surface area contributed by atoms with Crippen molar-refractivity contribution in [3.8, 4) is 17.0 Å². The summed E-state index contributed by atoms with van der Waals surface area (Å²) in [4.78, 5) is 12.8. The fourth-order valence-electron chi connectivity index (χ4n) is 3.97. The van der Waals surface area contributed by atoms with Crippen LogP contribution in [0.15, 0.2) is 53.1 Å². The van der Waals surface area contributed by atoms with Gasteiger partial charge in [0, 0.05) is 26.3 Å². The summed E-state index contributed by atoms with van der Waals surface area (Å²) in [6.45, 7) is 11.0. The Hall–Kier alpha value is -4.16. The lowest BCUT2D eigenvalue weighted by Crippen LogP contribution is -2.22. The molecule has 212 valence electrons. The SMILES string of the molecule is Cc1cc(Nc2c(C(N)=O)c(-c3ccc(N)c(O[C@@H](C)c4ccc(F)cc4)c3)nn2COCC[Si](C)(C)C)no1. The summed E-state index contributed by atoms with van der Waals surface area (Å²) in [6.07, 6.45) is -0.418. The Labute approximate surface area is 233 Å². The average molecular weight is 567 g/mol. The van der Waals surface area contributed by atoms with E-state index in [0.29, 0.717) is 46.7 Å². The number of nitrogen functional groups attached to an aromatic ring is 1. The first-order valence-corrected chi connectivity index (χ1v) is 16.6. The van der Waals surface area contributed by atoms with Crippen LogP contribution in [0.25, 0.3) is 11.3 Å². The van der Waals surface area contributed by atoms with Crippen LogP contribution in [0.4, 0.5) is 21.7 Å². The molecule has 0 saturated carbocycles. The van der Waals surface area contributed by atoms with E-state index in [1.54, 1.807) is 48.0 Å². The van der Waals surface area contributed by atoms with Gasteiger partial charge in [-0.05, 0) is 49.7 Å². The molecule has 4 aromatic rings. The maximum absolute atomic E-state index is 13.4. The third kappa shape index (κ3) is 7.07. The molecule has 4 rings (SSSR count). The first kappa shape index (κ1) is 28.8. The summed E-state index contributed by atoms with van der Waals surface area (Å²) >= 11 is 0. The predicted molar refractivity (Wildman–Crippen MR) is 155 cm³/mol. The molecule has 1 amide bonds. The van der Waals surface area contributed by atoms with Crippen molar-refractivity contribution in [3.05, 3.63) is 71.2 Å². The zero-order valence-corrected chi connectivity index (χ0v) is 24.3. The van der Waals surface area contributed by atoms with Crippen LogP contribution in [-0.4, -0.2) is 35.5 Å². The molecule has 40 heavy (non-hydrogen) atoms. The number of carbonyl (C=O) groups excluding carboxylic acids is 1. The molecule has 0 fully saturated rings. The molecule has 2 aromatic heterocycles. The molecule has 0 aliphatic carbocycles. The number of nitrogens with two attached hydrogens (primary N) is 2. The van der Waals surface area contributed by atoms with Gasteiger partial charge >= 0.3 is 0 Å². The van der Waals surface area contributed by atoms with Crippen molar-refractivity contribution in [2.75, 3.05) is 17.7 Å². The Morgan fingerprint density at radius 3 is 2.52 bits per heavy atom. The van der Waals surface area contributed by atoms with Gasteiger partial charge in [-0.25, -0.2) is 9.07 Å². The van der Waals surface area contributed by atoms with Crippen LogP contribution in [0.3, 0.4) is 0 Å². The van der Waals surface area contributed by atoms with Gasteiger partial charge in [-0.15, -0.1) is 0 Å². The third-order valence-corrected chi connectivity index (χ3v) is 7.92. The maximum Gasteiger partial charge on any atom is 0.254 e. The number of aromatic nitrogens is 3. The van der Waals surface area contributed by atoms with E-state index in [9.17, 15) is 9.18 Å². The Balaban J connectivity index is 1.70. The van der Waals surface area contributed by atoms with Gasteiger partial charge < -0.3 is 30.8 Å². The van der Waals surface area contributed by atoms with Gasteiger partial charge in [0.25, 0.3) is 5.91 Å². The van der Waals surface area contributed by atoms with E-state index in [1.807, 2.05) is 6.92 Å². The van der Waals surface area contributed by atoms with Crippen LogP contribution >= 0.6 is 0 Å². The molecule has 5 N–H and O–H groups in total. The number of hydrogen-bond acceptors (Lipinski definition) is 8. The Morgan fingerprint density at radius 2 is 1.90 bits per heavy atom.